The number of aryl methyl sites for hydroxylation is 1. The molecule has 0 saturated heterocycles. The quantitative estimate of drug-likeness (QED) is 0.397. The normalized spacial score (nSPS) is 10.8. The predicted octanol–water partition coefficient (Wildman–Crippen LogP) is 3.93. The predicted molar refractivity (Wildman–Crippen MR) is 119 cm³/mol. The lowest BCUT2D eigenvalue weighted by molar-refractivity contribution is 0.816. The number of rotatable bonds is 6. The summed E-state index contributed by atoms with van der Waals surface area (Å²) in [5.74, 6) is 0.842. The molecule has 2 aromatic rings. The van der Waals surface area contributed by atoms with Crippen molar-refractivity contribution in [3.8, 4) is 0 Å². The molecule has 2 N–H and O–H groups in total. The van der Waals surface area contributed by atoms with Gasteiger partial charge in [-0.1, -0.05) is 42.0 Å². The van der Waals surface area contributed by atoms with Gasteiger partial charge in [-0.15, -0.1) is 24.0 Å². The highest BCUT2D eigenvalue weighted by Gasteiger charge is 2.00. The molecule has 2 rings (SSSR count). The van der Waals surface area contributed by atoms with Crippen molar-refractivity contribution in [3.63, 3.8) is 0 Å². The number of anilines is 1. The lowest BCUT2D eigenvalue weighted by atomic mass is 10.1. The van der Waals surface area contributed by atoms with Gasteiger partial charge < -0.3 is 15.5 Å². The maximum atomic E-state index is 4.67. The molecule has 0 amide bonds. The summed E-state index contributed by atoms with van der Waals surface area (Å²) in [6, 6.07) is 17.1. The first-order chi connectivity index (χ1) is 11.6. The summed E-state index contributed by atoms with van der Waals surface area (Å²) in [5.41, 5.74) is 4.93. The zero-order valence-electron chi connectivity index (χ0n) is 15.5. The van der Waals surface area contributed by atoms with Crippen LogP contribution in [0.25, 0.3) is 0 Å². The van der Waals surface area contributed by atoms with Crippen LogP contribution in [0.4, 0.5) is 5.69 Å². The monoisotopic (exact) mass is 452 g/mol. The van der Waals surface area contributed by atoms with E-state index in [2.05, 4.69) is 82.9 Å². The maximum Gasteiger partial charge on any atom is 0.191 e. The molecule has 0 aliphatic rings. The second kappa shape index (κ2) is 11.0. The molecule has 0 aromatic heterocycles. The van der Waals surface area contributed by atoms with Crippen LogP contribution in [-0.4, -0.2) is 26.6 Å². The molecule has 0 fully saturated rings. The summed E-state index contributed by atoms with van der Waals surface area (Å²) in [7, 11) is 4.09. The minimum atomic E-state index is 0. The molecule has 0 aliphatic heterocycles. The third kappa shape index (κ3) is 7.34. The van der Waals surface area contributed by atoms with Gasteiger partial charge in [0.2, 0.25) is 0 Å². The third-order valence-corrected chi connectivity index (χ3v) is 3.80. The van der Waals surface area contributed by atoms with Gasteiger partial charge in [0, 0.05) is 32.9 Å². The minimum absolute atomic E-state index is 0. The second-order valence-electron chi connectivity index (χ2n) is 6.10. The van der Waals surface area contributed by atoms with Crippen LogP contribution >= 0.6 is 24.0 Å². The Morgan fingerprint density at radius 2 is 1.52 bits per heavy atom. The Bertz CT molecular complexity index is 648. The molecule has 0 spiro atoms. The Morgan fingerprint density at radius 3 is 2.08 bits per heavy atom. The Balaban J connectivity index is 0.00000312. The first-order valence-electron chi connectivity index (χ1n) is 8.42. The van der Waals surface area contributed by atoms with Crippen molar-refractivity contribution < 1.29 is 0 Å². The molecule has 5 heteroatoms. The molecule has 4 nitrogen and oxygen atoms in total. The number of hydrogen-bond acceptors (Lipinski definition) is 2. The lowest BCUT2D eigenvalue weighted by Crippen LogP contribution is -2.36. The van der Waals surface area contributed by atoms with E-state index in [1.54, 1.807) is 0 Å². The topological polar surface area (TPSA) is 39.7 Å². The highest BCUT2D eigenvalue weighted by molar-refractivity contribution is 14.0. The number of guanidine groups is 1. The molecule has 0 unspecified atom stereocenters. The van der Waals surface area contributed by atoms with Crippen molar-refractivity contribution in [2.75, 3.05) is 25.5 Å². The molecule has 136 valence electrons. The molecule has 25 heavy (non-hydrogen) atoms. The Kier molecular flexibility index (Phi) is 9.34. The van der Waals surface area contributed by atoms with E-state index in [9.17, 15) is 0 Å². The fourth-order valence-electron chi connectivity index (χ4n) is 2.30. The zero-order valence-corrected chi connectivity index (χ0v) is 17.9. The van der Waals surface area contributed by atoms with Crippen molar-refractivity contribution in [3.05, 3.63) is 65.2 Å². The van der Waals surface area contributed by atoms with Gasteiger partial charge in [0.25, 0.3) is 0 Å². The first-order valence-corrected chi connectivity index (χ1v) is 8.42. The molecule has 0 atom stereocenters. The molecule has 0 bridgehead atoms. The lowest BCUT2D eigenvalue weighted by Gasteiger charge is -2.13. The van der Waals surface area contributed by atoms with Crippen LogP contribution in [0.2, 0.25) is 0 Å². The van der Waals surface area contributed by atoms with Crippen molar-refractivity contribution >= 4 is 35.6 Å². The Hall–Kier alpha value is -1.76. The number of nitrogens with one attached hydrogen (secondary N) is 2. The molecule has 2 aromatic carbocycles. The number of aliphatic imine (C=N–C) groups is 1. The van der Waals surface area contributed by atoms with Gasteiger partial charge >= 0.3 is 0 Å². The number of halogens is 1. The summed E-state index contributed by atoms with van der Waals surface area (Å²) in [6.45, 7) is 6.46. The highest BCUT2D eigenvalue weighted by atomic mass is 127. The molecule has 0 saturated carbocycles. The fourth-order valence-corrected chi connectivity index (χ4v) is 2.30. The summed E-state index contributed by atoms with van der Waals surface area (Å²) in [6.07, 6.45) is 0. The summed E-state index contributed by atoms with van der Waals surface area (Å²) < 4.78 is 0. The van der Waals surface area contributed by atoms with Crippen LogP contribution in [0.1, 0.15) is 23.6 Å². The summed E-state index contributed by atoms with van der Waals surface area (Å²) >= 11 is 0. The van der Waals surface area contributed by atoms with E-state index >= 15 is 0 Å². The van der Waals surface area contributed by atoms with Crippen molar-refractivity contribution in [2.24, 2.45) is 4.99 Å². The van der Waals surface area contributed by atoms with Crippen LogP contribution in [0.5, 0.6) is 0 Å². The second-order valence-corrected chi connectivity index (χ2v) is 6.10. The van der Waals surface area contributed by atoms with E-state index in [-0.39, 0.29) is 24.0 Å². The Labute approximate surface area is 168 Å². The van der Waals surface area contributed by atoms with Gasteiger partial charge in [0.1, 0.15) is 0 Å². The van der Waals surface area contributed by atoms with Crippen LogP contribution in [0.3, 0.4) is 0 Å². The van der Waals surface area contributed by atoms with Gasteiger partial charge in [-0.25, -0.2) is 4.99 Å². The third-order valence-electron chi connectivity index (χ3n) is 3.80. The van der Waals surface area contributed by atoms with E-state index in [0.29, 0.717) is 6.54 Å². The van der Waals surface area contributed by atoms with Crippen molar-refractivity contribution in [1.82, 2.24) is 10.6 Å². The molecular weight excluding hydrogens is 423 g/mol. The van der Waals surface area contributed by atoms with Gasteiger partial charge in [-0.3, -0.25) is 0 Å². The van der Waals surface area contributed by atoms with Crippen LogP contribution in [0.15, 0.2) is 53.5 Å². The summed E-state index contributed by atoms with van der Waals surface area (Å²) in [5, 5.41) is 6.68. The average Bonchev–Trinajstić information content (AvgIpc) is 2.59. The standard InChI is InChI=1S/C20H28N4.HI/c1-5-21-20(22-14-17-8-6-16(2)7-9-17)23-15-18-10-12-19(13-11-18)24(3)4;/h6-13H,5,14-15H2,1-4H3,(H2,21,22,23);1H. The van der Waals surface area contributed by atoms with E-state index in [1.165, 1.54) is 22.4 Å². The van der Waals surface area contributed by atoms with Crippen molar-refractivity contribution in [2.45, 2.75) is 26.9 Å². The average molecular weight is 452 g/mol. The highest BCUT2D eigenvalue weighted by Crippen LogP contribution is 2.12. The molecule has 0 aliphatic carbocycles. The fraction of sp³-hybridized carbons (Fsp3) is 0.350. The Morgan fingerprint density at radius 1 is 0.920 bits per heavy atom. The van der Waals surface area contributed by atoms with E-state index < -0.39 is 0 Å². The van der Waals surface area contributed by atoms with Crippen LogP contribution in [0, 0.1) is 6.92 Å². The zero-order chi connectivity index (χ0) is 17.4. The number of hydrogen-bond donors (Lipinski definition) is 2. The van der Waals surface area contributed by atoms with E-state index in [1.807, 2.05) is 14.1 Å². The van der Waals surface area contributed by atoms with Crippen molar-refractivity contribution in [1.29, 1.82) is 0 Å². The molecule has 0 radical (unpaired) electrons. The smallest absolute Gasteiger partial charge is 0.191 e. The van der Waals surface area contributed by atoms with Gasteiger partial charge in [0.15, 0.2) is 5.96 Å². The molecule has 0 heterocycles. The van der Waals surface area contributed by atoms with Gasteiger partial charge in [-0.2, -0.15) is 0 Å². The maximum absolute atomic E-state index is 4.67. The van der Waals surface area contributed by atoms with E-state index in [4.69, 9.17) is 0 Å². The van der Waals surface area contributed by atoms with Crippen LogP contribution in [-0.2, 0) is 13.1 Å². The van der Waals surface area contributed by atoms with E-state index in [0.717, 1.165) is 19.0 Å². The largest absolute Gasteiger partial charge is 0.378 e. The number of benzene rings is 2. The first kappa shape index (κ1) is 21.3. The minimum Gasteiger partial charge on any atom is -0.378 e. The van der Waals surface area contributed by atoms with Gasteiger partial charge in [0.05, 0.1) is 6.54 Å². The SMILES string of the molecule is CCNC(=NCc1ccc(N(C)C)cc1)NCc1ccc(C)cc1.I. The summed E-state index contributed by atoms with van der Waals surface area (Å²) in [4.78, 5) is 6.77. The van der Waals surface area contributed by atoms with Crippen LogP contribution < -0.4 is 15.5 Å². The van der Waals surface area contributed by atoms with Gasteiger partial charge in [-0.05, 0) is 37.1 Å². The number of nitrogens with zero attached hydrogens (tertiary/aromatic N) is 2. The molecular formula is C20H29IN4.